The quantitative estimate of drug-likeness (QED) is 0.399. The van der Waals surface area contributed by atoms with Crippen molar-refractivity contribution < 1.29 is 29.6 Å². The summed E-state index contributed by atoms with van der Waals surface area (Å²) in [4.78, 5) is 23.6. The fraction of sp³-hybridized carbons (Fsp3) is 0.179. The summed E-state index contributed by atoms with van der Waals surface area (Å²) in [6.45, 7) is 0. The lowest BCUT2D eigenvalue weighted by Crippen LogP contribution is -2.60. The summed E-state index contributed by atoms with van der Waals surface area (Å²) in [6, 6.07) is 19.5. The van der Waals surface area contributed by atoms with Crippen LogP contribution in [0.25, 0.3) is 0 Å². The highest BCUT2D eigenvalue weighted by Gasteiger charge is 2.81. The molecule has 0 radical (unpaired) electrons. The van der Waals surface area contributed by atoms with Gasteiger partial charge in [-0.2, -0.15) is 0 Å². The number of ether oxygens (including phenoxy) is 2. The third-order valence-corrected chi connectivity index (χ3v) is 7.58. The second-order valence-corrected chi connectivity index (χ2v) is 9.35. The fourth-order valence-corrected chi connectivity index (χ4v) is 6.22. The van der Waals surface area contributed by atoms with E-state index in [9.17, 15) is 20.1 Å². The Morgan fingerprint density at radius 3 is 2.17 bits per heavy atom. The smallest absolute Gasteiger partial charge is 0.217 e. The fourth-order valence-electron chi connectivity index (χ4n) is 6.22. The molecule has 8 heteroatoms. The summed E-state index contributed by atoms with van der Waals surface area (Å²) in [7, 11) is 0. The lowest BCUT2D eigenvalue weighted by atomic mass is 9.71. The van der Waals surface area contributed by atoms with Crippen LogP contribution >= 0.6 is 0 Å². The molecule has 2 aromatic carbocycles. The molecule has 36 heavy (non-hydrogen) atoms. The maximum absolute atomic E-state index is 14.4. The summed E-state index contributed by atoms with van der Waals surface area (Å²) in [6.07, 6.45) is 2.29. The van der Waals surface area contributed by atoms with Gasteiger partial charge in [0.15, 0.2) is 5.60 Å². The van der Waals surface area contributed by atoms with Crippen molar-refractivity contribution in [1.82, 2.24) is 9.97 Å². The lowest BCUT2D eigenvalue weighted by molar-refractivity contribution is -0.119. The van der Waals surface area contributed by atoms with E-state index < -0.39 is 34.9 Å². The zero-order valence-corrected chi connectivity index (χ0v) is 18.8. The van der Waals surface area contributed by atoms with E-state index in [0.717, 1.165) is 0 Å². The van der Waals surface area contributed by atoms with Gasteiger partial charge in [0.2, 0.25) is 11.4 Å². The van der Waals surface area contributed by atoms with Crippen LogP contribution < -0.4 is 9.47 Å². The topological polar surface area (TPSA) is 122 Å². The van der Waals surface area contributed by atoms with E-state index in [1.807, 2.05) is 18.2 Å². The van der Waals surface area contributed by atoms with Crippen LogP contribution in [0.5, 0.6) is 23.0 Å². The van der Waals surface area contributed by atoms with Crippen molar-refractivity contribution in [3.8, 4) is 23.0 Å². The van der Waals surface area contributed by atoms with Crippen molar-refractivity contribution in [3.05, 3.63) is 108 Å². The molecule has 1 aliphatic carbocycles. The summed E-state index contributed by atoms with van der Waals surface area (Å²) < 4.78 is 12.8. The zero-order valence-electron chi connectivity index (χ0n) is 18.8. The molecule has 0 amide bonds. The average molecular weight is 480 g/mol. The van der Waals surface area contributed by atoms with Gasteiger partial charge >= 0.3 is 0 Å². The number of carbonyl (C=O) groups is 1. The molecule has 8 nitrogen and oxygen atoms in total. The molecule has 0 unspecified atom stereocenters. The van der Waals surface area contributed by atoms with E-state index in [-0.39, 0.29) is 28.6 Å². The van der Waals surface area contributed by atoms with Crippen LogP contribution in [0.2, 0.25) is 0 Å². The van der Waals surface area contributed by atoms with Crippen molar-refractivity contribution in [1.29, 1.82) is 0 Å². The van der Waals surface area contributed by atoms with Gasteiger partial charge in [0, 0.05) is 41.5 Å². The number of Topliss-reactive ketones (excluding diaryl/α,β-unsaturated/α-hetero) is 1. The number of nitrogens with zero attached hydrogens (tertiary/aromatic N) is 2. The minimum absolute atomic E-state index is 0.0334. The third-order valence-electron chi connectivity index (χ3n) is 7.58. The lowest BCUT2D eigenvalue weighted by Gasteiger charge is -2.39. The van der Waals surface area contributed by atoms with Crippen LogP contribution in [0.3, 0.4) is 0 Å². The number of phenols is 2. The molecular formula is C28H20N2O6. The van der Waals surface area contributed by atoms with Crippen LogP contribution in [0, 0.1) is 0 Å². The number of aromatic nitrogens is 2. The van der Waals surface area contributed by atoms with Gasteiger partial charge in [0.05, 0.1) is 17.4 Å². The molecule has 3 N–H and O–H groups in total. The first-order valence-electron chi connectivity index (χ1n) is 11.6. The Kier molecular flexibility index (Phi) is 4.09. The summed E-state index contributed by atoms with van der Waals surface area (Å²) in [5.41, 5.74) is -2.14. The summed E-state index contributed by atoms with van der Waals surface area (Å²) >= 11 is 0. The van der Waals surface area contributed by atoms with Crippen LogP contribution in [0.4, 0.5) is 0 Å². The minimum Gasteiger partial charge on any atom is -0.508 e. The molecule has 1 fully saturated rings. The Bertz CT molecular complexity index is 1530. The Labute approximate surface area is 205 Å². The van der Waals surface area contributed by atoms with E-state index in [1.54, 1.807) is 36.7 Å². The number of aliphatic hydroxyl groups is 1. The highest BCUT2D eigenvalue weighted by atomic mass is 16.6. The molecule has 4 aromatic rings. The van der Waals surface area contributed by atoms with E-state index in [2.05, 4.69) is 9.97 Å². The summed E-state index contributed by atoms with van der Waals surface area (Å²) in [5, 5.41) is 33.0. The van der Waals surface area contributed by atoms with E-state index >= 15 is 0 Å². The van der Waals surface area contributed by atoms with Gasteiger partial charge in [0.25, 0.3) is 0 Å². The first kappa shape index (κ1) is 20.9. The summed E-state index contributed by atoms with van der Waals surface area (Å²) in [5.74, 6) is -1.55. The van der Waals surface area contributed by atoms with Gasteiger partial charge in [-0.05, 0) is 48.5 Å². The van der Waals surface area contributed by atoms with Crippen LogP contribution in [0.15, 0.2) is 85.2 Å². The SMILES string of the molecule is O=C1c2ccc(O)cc2O[C@]12[C@@H](c1ccccn1)[C@H](c1ccccn1)[C@H]1Oc3cc(O)ccc3[C@]12O. The van der Waals surface area contributed by atoms with Crippen LogP contribution in [-0.2, 0) is 5.60 Å². The van der Waals surface area contributed by atoms with Crippen LogP contribution in [-0.4, -0.2) is 42.8 Å². The predicted octanol–water partition coefficient (Wildman–Crippen LogP) is 3.43. The Morgan fingerprint density at radius 1 is 0.806 bits per heavy atom. The van der Waals surface area contributed by atoms with E-state index in [4.69, 9.17) is 9.47 Å². The highest BCUT2D eigenvalue weighted by molar-refractivity contribution is 6.10. The normalized spacial score (nSPS) is 29.4. The minimum atomic E-state index is -1.97. The number of ketones is 1. The van der Waals surface area contributed by atoms with Gasteiger partial charge in [-0.25, -0.2) is 0 Å². The number of benzene rings is 2. The Balaban J connectivity index is 1.57. The van der Waals surface area contributed by atoms with Crippen LogP contribution in [0.1, 0.15) is 39.1 Å². The zero-order chi connectivity index (χ0) is 24.7. The molecule has 0 saturated heterocycles. The second kappa shape index (κ2) is 7.05. The largest absolute Gasteiger partial charge is 0.508 e. The standard InChI is InChI=1S/C28H20N2O6/c31-15-7-9-17-21(13-15)36-28(25(17)33)24(20-6-2-4-12-30-20)23(19-5-1-3-11-29-19)26-27(28,34)18-10-8-16(32)14-22(18)35-26/h1-14,23-24,26,31-32,34H/t23-,24-,26+,27-,28+/m0/s1. The third kappa shape index (κ3) is 2.43. The monoisotopic (exact) mass is 480 g/mol. The second-order valence-electron chi connectivity index (χ2n) is 9.35. The number of hydrogen-bond donors (Lipinski definition) is 3. The van der Waals surface area contributed by atoms with Crippen molar-refractivity contribution >= 4 is 5.78 Å². The van der Waals surface area contributed by atoms with Gasteiger partial charge < -0.3 is 24.8 Å². The molecule has 5 atom stereocenters. The predicted molar refractivity (Wildman–Crippen MR) is 126 cm³/mol. The Hall–Kier alpha value is -4.43. The van der Waals surface area contributed by atoms with Gasteiger partial charge in [-0.1, -0.05) is 12.1 Å². The first-order chi connectivity index (χ1) is 17.4. The van der Waals surface area contributed by atoms with E-state index in [0.29, 0.717) is 17.0 Å². The van der Waals surface area contributed by atoms with E-state index in [1.165, 1.54) is 30.3 Å². The molecule has 1 spiro atoms. The molecule has 4 heterocycles. The van der Waals surface area contributed by atoms with Crippen molar-refractivity contribution in [2.24, 2.45) is 0 Å². The molecular weight excluding hydrogens is 460 g/mol. The number of fused-ring (bicyclic) bond motifs is 5. The maximum atomic E-state index is 14.4. The molecule has 178 valence electrons. The van der Waals surface area contributed by atoms with Crippen molar-refractivity contribution in [2.45, 2.75) is 29.1 Å². The Morgan fingerprint density at radius 2 is 1.47 bits per heavy atom. The molecule has 2 aliphatic heterocycles. The average Bonchev–Trinajstić information content (AvgIpc) is 3.42. The van der Waals surface area contributed by atoms with Gasteiger partial charge in [-0.15, -0.1) is 0 Å². The molecule has 1 saturated carbocycles. The molecule has 3 aliphatic rings. The number of hydrogen-bond acceptors (Lipinski definition) is 8. The number of rotatable bonds is 2. The number of aromatic hydroxyl groups is 2. The molecule has 0 bridgehead atoms. The van der Waals surface area contributed by atoms with Gasteiger partial charge in [-0.3, -0.25) is 14.8 Å². The number of pyridine rings is 2. The maximum Gasteiger partial charge on any atom is 0.217 e. The van der Waals surface area contributed by atoms with Crippen molar-refractivity contribution in [2.75, 3.05) is 0 Å². The molecule has 2 aromatic heterocycles. The van der Waals surface area contributed by atoms with Gasteiger partial charge in [0.1, 0.15) is 29.1 Å². The first-order valence-corrected chi connectivity index (χ1v) is 11.6. The number of phenolic OH excluding ortho intramolecular Hbond substituents is 2. The highest BCUT2D eigenvalue weighted by Crippen LogP contribution is 2.68. The molecule has 7 rings (SSSR count). The number of carbonyl (C=O) groups excluding carboxylic acids is 1. The van der Waals surface area contributed by atoms with Crippen molar-refractivity contribution in [3.63, 3.8) is 0 Å².